The number of anilines is 2. The molecular formula is C18H21FN4O4S. The molecule has 1 aromatic heterocycles. The van der Waals surface area contributed by atoms with E-state index in [-0.39, 0.29) is 0 Å². The van der Waals surface area contributed by atoms with E-state index < -0.39 is 39.9 Å². The van der Waals surface area contributed by atoms with Gasteiger partial charge in [-0.2, -0.15) is 8.42 Å². The first-order valence-electron chi connectivity index (χ1n) is 8.73. The normalized spacial score (nSPS) is 15.7. The van der Waals surface area contributed by atoms with Crippen LogP contribution < -0.4 is 14.3 Å². The molecule has 8 nitrogen and oxygen atoms in total. The van der Waals surface area contributed by atoms with Crippen LogP contribution in [-0.2, 0) is 15.0 Å². The molecular weight excluding hydrogens is 387 g/mol. The van der Waals surface area contributed by atoms with E-state index in [1.54, 1.807) is 16.9 Å². The SMILES string of the molecule is CC(C)CCNc1ccc(-c2cc(O)c(N3CC(=O)NS3(=O)=O)c(F)c2)cn1. The van der Waals surface area contributed by atoms with E-state index in [0.717, 1.165) is 19.0 Å². The largest absolute Gasteiger partial charge is 0.506 e. The van der Waals surface area contributed by atoms with Gasteiger partial charge in [-0.1, -0.05) is 13.8 Å². The molecule has 3 N–H and O–H groups in total. The van der Waals surface area contributed by atoms with Crippen LogP contribution in [0.2, 0.25) is 0 Å². The number of hydrogen-bond donors (Lipinski definition) is 3. The van der Waals surface area contributed by atoms with Gasteiger partial charge in [0, 0.05) is 18.3 Å². The Morgan fingerprint density at radius 2 is 2.07 bits per heavy atom. The Morgan fingerprint density at radius 1 is 1.32 bits per heavy atom. The summed E-state index contributed by atoms with van der Waals surface area (Å²) in [5, 5.41) is 13.4. The molecule has 0 bridgehead atoms. The number of carbonyl (C=O) groups is 1. The monoisotopic (exact) mass is 408 g/mol. The van der Waals surface area contributed by atoms with Gasteiger partial charge in [0.15, 0.2) is 5.82 Å². The number of rotatable bonds is 6. The number of aromatic nitrogens is 1. The van der Waals surface area contributed by atoms with Crippen molar-refractivity contribution in [2.75, 3.05) is 22.7 Å². The maximum absolute atomic E-state index is 14.6. The van der Waals surface area contributed by atoms with Gasteiger partial charge in [-0.3, -0.25) is 4.79 Å². The van der Waals surface area contributed by atoms with E-state index in [0.29, 0.717) is 27.2 Å². The molecule has 1 aliphatic rings. The summed E-state index contributed by atoms with van der Waals surface area (Å²) in [6, 6.07) is 5.79. The summed E-state index contributed by atoms with van der Waals surface area (Å²) in [6.07, 6.45) is 2.53. The Hall–Kier alpha value is -2.88. The number of nitrogens with one attached hydrogen (secondary N) is 2. The van der Waals surface area contributed by atoms with Crippen molar-refractivity contribution in [2.45, 2.75) is 20.3 Å². The van der Waals surface area contributed by atoms with Gasteiger partial charge in [-0.05, 0) is 42.2 Å². The summed E-state index contributed by atoms with van der Waals surface area (Å²) >= 11 is 0. The van der Waals surface area contributed by atoms with Gasteiger partial charge in [0.1, 0.15) is 23.8 Å². The van der Waals surface area contributed by atoms with Crippen molar-refractivity contribution in [1.29, 1.82) is 0 Å². The molecule has 0 spiro atoms. The van der Waals surface area contributed by atoms with Gasteiger partial charge in [-0.15, -0.1) is 0 Å². The highest BCUT2D eigenvalue weighted by atomic mass is 32.2. The molecule has 150 valence electrons. The Bertz CT molecular complexity index is 970. The van der Waals surface area contributed by atoms with E-state index in [4.69, 9.17) is 0 Å². The standard InChI is InChI=1S/C18H21FN4O4S/c1-11(2)5-6-20-16-4-3-12(9-21-16)13-7-14(19)18(15(24)8-13)23-10-17(25)22-28(23,26)27/h3-4,7-9,11,24H,5-6,10H2,1-2H3,(H,20,21)(H,22,25). The van der Waals surface area contributed by atoms with Gasteiger partial charge >= 0.3 is 10.2 Å². The number of phenols is 1. The van der Waals surface area contributed by atoms with Crippen LogP contribution in [0.1, 0.15) is 20.3 Å². The van der Waals surface area contributed by atoms with Crippen molar-refractivity contribution in [3.63, 3.8) is 0 Å². The molecule has 1 fully saturated rings. The highest BCUT2D eigenvalue weighted by Gasteiger charge is 2.37. The Morgan fingerprint density at radius 3 is 2.61 bits per heavy atom. The van der Waals surface area contributed by atoms with Crippen molar-refractivity contribution in [3.05, 3.63) is 36.3 Å². The first-order chi connectivity index (χ1) is 13.2. The maximum Gasteiger partial charge on any atom is 0.326 e. The topological polar surface area (TPSA) is 112 Å². The highest BCUT2D eigenvalue weighted by molar-refractivity contribution is 7.92. The third-order valence-electron chi connectivity index (χ3n) is 4.24. The second-order valence-electron chi connectivity index (χ2n) is 6.90. The average Bonchev–Trinajstić information content (AvgIpc) is 2.86. The minimum Gasteiger partial charge on any atom is -0.506 e. The van der Waals surface area contributed by atoms with Gasteiger partial charge in [-0.25, -0.2) is 18.4 Å². The van der Waals surface area contributed by atoms with Crippen LogP contribution in [0.4, 0.5) is 15.9 Å². The van der Waals surface area contributed by atoms with Crippen LogP contribution in [-0.4, -0.2) is 37.5 Å². The van der Waals surface area contributed by atoms with Gasteiger partial charge in [0.05, 0.1) is 0 Å². The summed E-state index contributed by atoms with van der Waals surface area (Å²) in [5.41, 5.74) is 0.312. The maximum atomic E-state index is 14.6. The zero-order valence-corrected chi connectivity index (χ0v) is 16.3. The molecule has 0 saturated carbocycles. The number of halogens is 1. The number of aromatic hydroxyl groups is 1. The van der Waals surface area contributed by atoms with Crippen LogP contribution in [0, 0.1) is 11.7 Å². The molecule has 3 rings (SSSR count). The highest BCUT2D eigenvalue weighted by Crippen LogP contribution is 2.37. The van der Waals surface area contributed by atoms with E-state index in [1.165, 1.54) is 12.3 Å². The molecule has 2 aromatic rings. The molecule has 10 heteroatoms. The molecule has 2 heterocycles. The molecule has 0 aliphatic carbocycles. The number of amides is 1. The second-order valence-corrected chi connectivity index (χ2v) is 8.50. The number of hydrogen-bond acceptors (Lipinski definition) is 6. The Labute approximate surface area is 162 Å². The summed E-state index contributed by atoms with van der Waals surface area (Å²) in [5.74, 6) is -1.10. The predicted octanol–water partition coefficient (Wildman–Crippen LogP) is 2.23. The fourth-order valence-corrected chi connectivity index (χ4v) is 3.97. The molecule has 1 amide bonds. The predicted molar refractivity (Wildman–Crippen MR) is 104 cm³/mol. The summed E-state index contributed by atoms with van der Waals surface area (Å²) < 4.78 is 40.6. The van der Waals surface area contributed by atoms with E-state index >= 15 is 0 Å². The minimum atomic E-state index is -4.22. The lowest BCUT2D eigenvalue weighted by atomic mass is 10.1. The number of pyridine rings is 1. The quantitative estimate of drug-likeness (QED) is 0.676. The Kier molecular flexibility index (Phi) is 5.41. The first-order valence-corrected chi connectivity index (χ1v) is 10.2. The number of benzene rings is 1. The zero-order chi connectivity index (χ0) is 20.5. The van der Waals surface area contributed by atoms with Crippen LogP contribution >= 0.6 is 0 Å². The second kappa shape index (κ2) is 7.63. The molecule has 0 radical (unpaired) electrons. The summed E-state index contributed by atoms with van der Waals surface area (Å²) in [4.78, 5) is 15.6. The minimum absolute atomic E-state index is 0.330. The van der Waals surface area contributed by atoms with Crippen LogP contribution in [0.25, 0.3) is 11.1 Å². The van der Waals surface area contributed by atoms with Gasteiger partial charge < -0.3 is 10.4 Å². The summed E-state index contributed by atoms with van der Waals surface area (Å²) in [7, 11) is -4.22. The number of nitrogens with zero attached hydrogens (tertiary/aromatic N) is 2. The summed E-state index contributed by atoms with van der Waals surface area (Å²) in [6.45, 7) is 4.44. The number of phenolic OH excluding ortho intramolecular Hbond substituents is 1. The van der Waals surface area contributed by atoms with Crippen LogP contribution in [0.5, 0.6) is 5.75 Å². The fraction of sp³-hybridized carbons (Fsp3) is 0.333. The van der Waals surface area contributed by atoms with E-state index in [9.17, 15) is 22.7 Å². The molecule has 28 heavy (non-hydrogen) atoms. The fourth-order valence-electron chi connectivity index (χ4n) is 2.80. The van der Waals surface area contributed by atoms with Crippen molar-refractivity contribution in [3.8, 4) is 16.9 Å². The van der Waals surface area contributed by atoms with Crippen molar-refractivity contribution < 1.29 is 22.7 Å². The Balaban J connectivity index is 1.84. The lowest BCUT2D eigenvalue weighted by Crippen LogP contribution is -2.30. The first kappa shape index (κ1) is 19.9. The van der Waals surface area contributed by atoms with Gasteiger partial charge in [0.2, 0.25) is 0 Å². The number of carbonyl (C=O) groups excluding carboxylic acids is 1. The average molecular weight is 408 g/mol. The third-order valence-corrected chi connectivity index (χ3v) is 5.62. The third kappa shape index (κ3) is 4.16. The molecule has 1 aromatic carbocycles. The molecule has 1 aliphatic heterocycles. The van der Waals surface area contributed by atoms with Crippen molar-refractivity contribution >= 4 is 27.6 Å². The van der Waals surface area contributed by atoms with Gasteiger partial charge in [0.25, 0.3) is 5.91 Å². The van der Waals surface area contributed by atoms with Crippen molar-refractivity contribution in [2.24, 2.45) is 5.92 Å². The van der Waals surface area contributed by atoms with E-state index in [2.05, 4.69) is 24.1 Å². The van der Waals surface area contributed by atoms with Crippen molar-refractivity contribution in [1.82, 2.24) is 9.71 Å². The molecule has 0 atom stereocenters. The molecule has 0 unspecified atom stereocenters. The van der Waals surface area contributed by atoms with E-state index in [1.807, 2.05) is 0 Å². The smallest absolute Gasteiger partial charge is 0.326 e. The van der Waals surface area contributed by atoms with Crippen LogP contribution in [0.3, 0.4) is 0 Å². The molecule has 1 saturated heterocycles. The van der Waals surface area contributed by atoms with Crippen LogP contribution in [0.15, 0.2) is 30.5 Å². The zero-order valence-electron chi connectivity index (χ0n) is 15.4. The lowest BCUT2D eigenvalue weighted by Gasteiger charge is -2.17. The lowest BCUT2D eigenvalue weighted by molar-refractivity contribution is -0.117.